The minimum absolute atomic E-state index is 0.631. The Labute approximate surface area is 104 Å². The van der Waals surface area contributed by atoms with Gasteiger partial charge in [-0.2, -0.15) is 0 Å². The molecule has 2 aliphatic heterocycles. The van der Waals surface area contributed by atoms with Gasteiger partial charge < -0.3 is 10.2 Å². The quantitative estimate of drug-likeness (QED) is 0.839. The zero-order valence-corrected chi connectivity index (χ0v) is 10.7. The summed E-state index contributed by atoms with van der Waals surface area (Å²) in [5, 5.41) is 3.47. The average Bonchev–Trinajstić information content (AvgIpc) is 2.37. The summed E-state index contributed by atoms with van der Waals surface area (Å²) in [5.41, 5.74) is 3.60. The number of para-hydroxylation sites is 1. The maximum atomic E-state index is 3.47. The van der Waals surface area contributed by atoms with E-state index in [-0.39, 0.29) is 0 Å². The Balaban J connectivity index is 1.72. The van der Waals surface area contributed by atoms with E-state index >= 15 is 0 Å². The Morgan fingerprint density at radius 1 is 1.18 bits per heavy atom. The molecule has 0 aromatic heterocycles. The highest BCUT2D eigenvalue weighted by Crippen LogP contribution is 2.41. The van der Waals surface area contributed by atoms with Gasteiger partial charge >= 0.3 is 0 Å². The second-order valence-electron chi connectivity index (χ2n) is 5.59. The molecule has 1 N–H and O–H groups in total. The maximum Gasteiger partial charge on any atom is 0.0399 e. The second-order valence-corrected chi connectivity index (χ2v) is 5.59. The van der Waals surface area contributed by atoms with Crippen LogP contribution < -0.4 is 10.2 Å². The minimum Gasteiger partial charge on any atom is -0.370 e. The zero-order chi connectivity index (χ0) is 11.7. The van der Waals surface area contributed by atoms with Crippen molar-refractivity contribution >= 4 is 5.69 Å². The van der Waals surface area contributed by atoms with Gasteiger partial charge in [0.15, 0.2) is 0 Å². The van der Waals surface area contributed by atoms with Crippen LogP contribution in [-0.2, 0) is 6.42 Å². The first kappa shape index (κ1) is 11.1. The SMILES string of the molecule is CCc1ccccc1N1CC2(CCNCC2)C1. The van der Waals surface area contributed by atoms with E-state index in [1.54, 1.807) is 0 Å². The smallest absolute Gasteiger partial charge is 0.0399 e. The van der Waals surface area contributed by atoms with E-state index in [0.717, 1.165) is 6.42 Å². The molecule has 0 aliphatic carbocycles. The van der Waals surface area contributed by atoms with Crippen molar-refractivity contribution in [3.05, 3.63) is 29.8 Å². The fourth-order valence-corrected chi connectivity index (χ4v) is 3.33. The summed E-state index contributed by atoms with van der Waals surface area (Å²) in [6.45, 7) is 7.21. The average molecular weight is 230 g/mol. The molecular weight excluding hydrogens is 208 g/mol. The highest BCUT2D eigenvalue weighted by Gasteiger charge is 2.43. The monoisotopic (exact) mass is 230 g/mol. The molecule has 0 bridgehead atoms. The zero-order valence-electron chi connectivity index (χ0n) is 10.7. The van der Waals surface area contributed by atoms with E-state index in [1.807, 2.05) is 0 Å². The van der Waals surface area contributed by atoms with Crippen molar-refractivity contribution in [1.82, 2.24) is 5.32 Å². The van der Waals surface area contributed by atoms with E-state index < -0.39 is 0 Å². The Hall–Kier alpha value is -1.02. The van der Waals surface area contributed by atoms with E-state index in [9.17, 15) is 0 Å². The second kappa shape index (κ2) is 4.34. The van der Waals surface area contributed by atoms with Gasteiger partial charge in [0.2, 0.25) is 0 Å². The van der Waals surface area contributed by atoms with Crippen LogP contribution in [0.25, 0.3) is 0 Å². The third-order valence-electron chi connectivity index (χ3n) is 4.43. The lowest BCUT2D eigenvalue weighted by Gasteiger charge is -2.54. The predicted octanol–water partition coefficient (Wildman–Crippen LogP) is 2.44. The Morgan fingerprint density at radius 2 is 1.88 bits per heavy atom. The minimum atomic E-state index is 0.631. The van der Waals surface area contributed by atoms with E-state index in [4.69, 9.17) is 0 Å². The van der Waals surface area contributed by atoms with Crippen molar-refractivity contribution in [2.75, 3.05) is 31.1 Å². The summed E-state index contributed by atoms with van der Waals surface area (Å²) < 4.78 is 0. The summed E-state index contributed by atoms with van der Waals surface area (Å²) in [7, 11) is 0. The highest BCUT2D eigenvalue weighted by atomic mass is 15.2. The lowest BCUT2D eigenvalue weighted by atomic mass is 9.72. The molecule has 2 fully saturated rings. The van der Waals surface area contributed by atoms with Crippen LogP contribution in [0.4, 0.5) is 5.69 Å². The number of piperidine rings is 1. The molecule has 1 aromatic rings. The largest absolute Gasteiger partial charge is 0.370 e. The Bertz CT molecular complexity index is 386. The molecule has 2 saturated heterocycles. The first-order valence-electron chi connectivity index (χ1n) is 6.87. The summed E-state index contributed by atoms with van der Waals surface area (Å²) in [4.78, 5) is 2.57. The maximum absolute atomic E-state index is 3.47. The van der Waals surface area contributed by atoms with Crippen molar-refractivity contribution in [3.63, 3.8) is 0 Å². The van der Waals surface area contributed by atoms with Crippen LogP contribution in [0.2, 0.25) is 0 Å². The van der Waals surface area contributed by atoms with E-state index in [1.165, 1.54) is 50.3 Å². The lowest BCUT2D eigenvalue weighted by Crippen LogP contribution is -2.60. The van der Waals surface area contributed by atoms with Crippen molar-refractivity contribution in [3.8, 4) is 0 Å². The fourth-order valence-electron chi connectivity index (χ4n) is 3.33. The van der Waals surface area contributed by atoms with Gasteiger partial charge in [-0.1, -0.05) is 25.1 Å². The fraction of sp³-hybridized carbons (Fsp3) is 0.600. The van der Waals surface area contributed by atoms with Crippen LogP contribution in [0, 0.1) is 5.41 Å². The van der Waals surface area contributed by atoms with Gasteiger partial charge in [-0.25, -0.2) is 0 Å². The molecule has 2 heterocycles. The van der Waals surface area contributed by atoms with Gasteiger partial charge in [-0.15, -0.1) is 0 Å². The van der Waals surface area contributed by atoms with Crippen LogP contribution in [0.3, 0.4) is 0 Å². The van der Waals surface area contributed by atoms with Crippen molar-refractivity contribution < 1.29 is 0 Å². The predicted molar refractivity (Wildman–Crippen MR) is 72.6 cm³/mol. The molecule has 1 aromatic carbocycles. The van der Waals surface area contributed by atoms with Crippen molar-refractivity contribution in [2.24, 2.45) is 5.41 Å². The third kappa shape index (κ3) is 1.95. The van der Waals surface area contributed by atoms with Gasteiger partial charge in [0.25, 0.3) is 0 Å². The molecule has 0 saturated carbocycles. The Kier molecular flexibility index (Phi) is 2.83. The van der Waals surface area contributed by atoms with E-state index in [0.29, 0.717) is 5.41 Å². The van der Waals surface area contributed by atoms with Gasteiger partial charge in [0.05, 0.1) is 0 Å². The number of nitrogens with one attached hydrogen (secondary N) is 1. The van der Waals surface area contributed by atoms with Crippen LogP contribution in [0.1, 0.15) is 25.3 Å². The molecule has 0 radical (unpaired) electrons. The summed E-state index contributed by atoms with van der Waals surface area (Å²) in [6.07, 6.45) is 3.86. The molecule has 3 rings (SSSR count). The number of benzene rings is 1. The van der Waals surface area contributed by atoms with Gasteiger partial charge in [-0.3, -0.25) is 0 Å². The van der Waals surface area contributed by atoms with Gasteiger partial charge in [-0.05, 0) is 44.0 Å². The molecule has 0 atom stereocenters. The molecule has 0 amide bonds. The molecule has 2 heteroatoms. The van der Waals surface area contributed by atoms with Crippen LogP contribution in [0.15, 0.2) is 24.3 Å². The number of nitrogens with zero attached hydrogens (tertiary/aromatic N) is 1. The lowest BCUT2D eigenvalue weighted by molar-refractivity contribution is 0.150. The summed E-state index contributed by atoms with van der Waals surface area (Å²) in [6, 6.07) is 8.87. The number of aryl methyl sites for hydroxylation is 1. The molecular formula is C15H22N2. The highest BCUT2D eigenvalue weighted by molar-refractivity contribution is 5.56. The summed E-state index contributed by atoms with van der Waals surface area (Å²) >= 11 is 0. The number of rotatable bonds is 2. The topological polar surface area (TPSA) is 15.3 Å². The molecule has 2 aliphatic rings. The number of anilines is 1. The molecule has 92 valence electrons. The first-order chi connectivity index (χ1) is 8.33. The van der Waals surface area contributed by atoms with Crippen molar-refractivity contribution in [1.29, 1.82) is 0 Å². The van der Waals surface area contributed by atoms with Crippen LogP contribution >= 0.6 is 0 Å². The van der Waals surface area contributed by atoms with E-state index in [2.05, 4.69) is 41.4 Å². The number of hydrogen-bond acceptors (Lipinski definition) is 2. The molecule has 17 heavy (non-hydrogen) atoms. The van der Waals surface area contributed by atoms with Crippen LogP contribution in [0.5, 0.6) is 0 Å². The molecule has 1 spiro atoms. The molecule has 0 unspecified atom stereocenters. The molecule has 2 nitrogen and oxygen atoms in total. The Morgan fingerprint density at radius 3 is 2.59 bits per heavy atom. The van der Waals surface area contributed by atoms with Gasteiger partial charge in [0.1, 0.15) is 0 Å². The van der Waals surface area contributed by atoms with Gasteiger partial charge in [0, 0.05) is 24.2 Å². The normalized spacial score (nSPS) is 22.5. The van der Waals surface area contributed by atoms with Crippen LogP contribution in [-0.4, -0.2) is 26.2 Å². The third-order valence-corrected chi connectivity index (χ3v) is 4.43. The van der Waals surface area contributed by atoms with Crippen molar-refractivity contribution in [2.45, 2.75) is 26.2 Å². The standard InChI is InChI=1S/C15H22N2/c1-2-13-5-3-4-6-14(13)17-11-15(12-17)7-9-16-10-8-15/h3-6,16H,2,7-12H2,1H3. The number of hydrogen-bond donors (Lipinski definition) is 1. The summed E-state index contributed by atoms with van der Waals surface area (Å²) in [5.74, 6) is 0. The first-order valence-corrected chi connectivity index (χ1v) is 6.87.